The minimum atomic E-state index is 0.00917. The molecule has 1 aliphatic heterocycles. The van der Waals surface area contributed by atoms with Gasteiger partial charge in [-0.25, -0.2) is 4.98 Å². The van der Waals surface area contributed by atoms with Crippen LogP contribution in [-0.2, 0) is 13.0 Å². The van der Waals surface area contributed by atoms with E-state index in [9.17, 15) is 4.79 Å². The molecule has 0 amide bonds. The Hall–Kier alpha value is -1.46. The summed E-state index contributed by atoms with van der Waals surface area (Å²) in [4.78, 5) is 20.2. The van der Waals surface area contributed by atoms with Crippen molar-refractivity contribution in [1.29, 1.82) is 0 Å². The molecule has 0 fully saturated rings. The zero-order valence-electron chi connectivity index (χ0n) is 8.62. The summed E-state index contributed by atoms with van der Waals surface area (Å²) in [6, 6.07) is 3.92. The molecular formula is C11H11N3OS. The van der Waals surface area contributed by atoms with Crippen LogP contribution in [0.2, 0.25) is 0 Å². The molecule has 0 atom stereocenters. The molecule has 0 bridgehead atoms. The topological polar surface area (TPSA) is 57.8 Å². The Morgan fingerprint density at radius 2 is 2.38 bits per heavy atom. The number of fused-ring (bicyclic) bond motifs is 1. The van der Waals surface area contributed by atoms with Crippen LogP contribution in [0.3, 0.4) is 0 Å². The van der Waals surface area contributed by atoms with Crippen LogP contribution in [0.4, 0.5) is 0 Å². The standard InChI is InChI=1S/C11H11N3OS/c15-11-7-3-4-12-6-8(7)13-10(14-11)9-2-1-5-16-9/h1-2,5,12H,3-4,6H2,(H,13,14,15). The predicted octanol–water partition coefficient (Wildman–Crippen LogP) is 1.14. The third-order valence-corrected chi connectivity index (χ3v) is 3.58. The summed E-state index contributed by atoms with van der Waals surface area (Å²) in [6.07, 6.45) is 0.766. The molecule has 82 valence electrons. The van der Waals surface area contributed by atoms with Gasteiger partial charge in [0.1, 0.15) is 0 Å². The van der Waals surface area contributed by atoms with E-state index in [-0.39, 0.29) is 5.56 Å². The summed E-state index contributed by atoms with van der Waals surface area (Å²) < 4.78 is 0. The summed E-state index contributed by atoms with van der Waals surface area (Å²) >= 11 is 1.58. The van der Waals surface area contributed by atoms with E-state index in [1.165, 1.54) is 0 Å². The molecule has 3 rings (SSSR count). The lowest BCUT2D eigenvalue weighted by molar-refractivity contribution is 0.619. The average molecular weight is 233 g/mol. The first-order chi connectivity index (χ1) is 7.84. The smallest absolute Gasteiger partial charge is 0.254 e. The summed E-state index contributed by atoms with van der Waals surface area (Å²) in [7, 11) is 0. The molecule has 0 saturated heterocycles. The second kappa shape index (κ2) is 3.84. The van der Waals surface area contributed by atoms with Crippen molar-refractivity contribution < 1.29 is 0 Å². The summed E-state index contributed by atoms with van der Waals surface area (Å²) in [5.41, 5.74) is 1.73. The maximum Gasteiger partial charge on any atom is 0.254 e. The molecule has 3 heterocycles. The highest BCUT2D eigenvalue weighted by molar-refractivity contribution is 7.13. The predicted molar refractivity (Wildman–Crippen MR) is 63.6 cm³/mol. The molecule has 0 aromatic carbocycles. The molecule has 2 N–H and O–H groups in total. The normalized spacial score (nSPS) is 14.8. The van der Waals surface area contributed by atoms with Crippen molar-refractivity contribution >= 4 is 11.3 Å². The lowest BCUT2D eigenvalue weighted by Crippen LogP contribution is -2.31. The average Bonchev–Trinajstić information content (AvgIpc) is 2.82. The summed E-state index contributed by atoms with van der Waals surface area (Å²) in [6.45, 7) is 1.55. The van der Waals surface area contributed by atoms with E-state index in [1.807, 2.05) is 17.5 Å². The van der Waals surface area contributed by atoms with Gasteiger partial charge in [-0.3, -0.25) is 4.79 Å². The number of nitrogens with one attached hydrogen (secondary N) is 2. The Morgan fingerprint density at radius 3 is 3.19 bits per heavy atom. The molecule has 2 aromatic heterocycles. The van der Waals surface area contributed by atoms with Crippen molar-refractivity contribution in [2.75, 3.05) is 6.54 Å². The largest absolute Gasteiger partial charge is 0.311 e. The molecule has 1 aliphatic rings. The van der Waals surface area contributed by atoms with E-state index in [1.54, 1.807) is 11.3 Å². The zero-order chi connectivity index (χ0) is 11.0. The second-order valence-corrected chi connectivity index (χ2v) is 4.69. The zero-order valence-corrected chi connectivity index (χ0v) is 9.43. The SMILES string of the molecule is O=c1[nH]c(-c2cccs2)nc2c1CCNC2. The Kier molecular flexibility index (Phi) is 2.34. The lowest BCUT2D eigenvalue weighted by atomic mass is 10.1. The molecule has 0 saturated carbocycles. The number of thiophene rings is 1. The first kappa shape index (κ1) is 9.74. The number of rotatable bonds is 1. The summed E-state index contributed by atoms with van der Waals surface area (Å²) in [5.74, 6) is 0.683. The van der Waals surface area contributed by atoms with E-state index in [0.717, 1.165) is 29.1 Å². The van der Waals surface area contributed by atoms with E-state index in [4.69, 9.17) is 0 Å². The Balaban J connectivity index is 2.16. The number of aromatic nitrogens is 2. The van der Waals surface area contributed by atoms with Gasteiger partial charge in [-0.1, -0.05) is 6.07 Å². The van der Waals surface area contributed by atoms with Crippen molar-refractivity contribution in [3.05, 3.63) is 39.1 Å². The quantitative estimate of drug-likeness (QED) is 0.776. The van der Waals surface area contributed by atoms with Crippen LogP contribution >= 0.6 is 11.3 Å². The van der Waals surface area contributed by atoms with Crippen LogP contribution in [0, 0.1) is 0 Å². The van der Waals surface area contributed by atoms with Gasteiger partial charge in [0, 0.05) is 12.1 Å². The van der Waals surface area contributed by atoms with Gasteiger partial charge in [0.25, 0.3) is 5.56 Å². The Labute approximate surface area is 96.4 Å². The van der Waals surface area contributed by atoms with Crippen molar-refractivity contribution in [3.8, 4) is 10.7 Å². The van der Waals surface area contributed by atoms with Crippen LogP contribution in [0.15, 0.2) is 22.3 Å². The molecule has 0 unspecified atom stereocenters. The van der Waals surface area contributed by atoms with Gasteiger partial charge < -0.3 is 10.3 Å². The van der Waals surface area contributed by atoms with E-state index < -0.39 is 0 Å². The molecule has 4 nitrogen and oxygen atoms in total. The highest BCUT2D eigenvalue weighted by atomic mass is 32.1. The maximum atomic E-state index is 11.9. The Bertz CT molecular complexity index is 559. The highest BCUT2D eigenvalue weighted by Gasteiger charge is 2.15. The number of aromatic amines is 1. The van der Waals surface area contributed by atoms with E-state index >= 15 is 0 Å². The van der Waals surface area contributed by atoms with Gasteiger partial charge in [0.05, 0.1) is 10.6 Å². The Morgan fingerprint density at radius 1 is 1.44 bits per heavy atom. The van der Waals surface area contributed by atoms with Crippen LogP contribution in [-0.4, -0.2) is 16.5 Å². The molecule has 0 spiro atoms. The first-order valence-electron chi connectivity index (χ1n) is 5.21. The number of nitrogens with zero attached hydrogens (tertiary/aromatic N) is 1. The van der Waals surface area contributed by atoms with Gasteiger partial charge in [-0.05, 0) is 24.4 Å². The van der Waals surface area contributed by atoms with Crippen molar-refractivity contribution in [1.82, 2.24) is 15.3 Å². The van der Waals surface area contributed by atoms with Gasteiger partial charge in [-0.15, -0.1) is 11.3 Å². The first-order valence-corrected chi connectivity index (χ1v) is 6.09. The fraction of sp³-hybridized carbons (Fsp3) is 0.273. The summed E-state index contributed by atoms with van der Waals surface area (Å²) in [5, 5.41) is 5.21. The van der Waals surface area contributed by atoms with Crippen LogP contribution < -0.4 is 10.9 Å². The minimum Gasteiger partial charge on any atom is -0.311 e. The van der Waals surface area contributed by atoms with Crippen molar-refractivity contribution in [2.45, 2.75) is 13.0 Å². The van der Waals surface area contributed by atoms with Crippen LogP contribution in [0.25, 0.3) is 10.7 Å². The van der Waals surface area contributed by atoms with Gasteiger partial charge >= 0.3 is 0 Å². The van der Waals surface area contributed by atoms with Crippen LogP contribution in [0.5, 0.6) is 0 Å². The molecule has 0 radical (unpaired) electrons. The minimum absolute atomic E-state index is 0.00917. The van der Waals surface area contributed by atoms with Crippen molar-refractivity contribution in [3.63, 3.8) is 0 Å². The molecule has 5 heteroatoms. The number of H-pyrrole nitrogens is 1. The van der Waals surface area contributed by atoms with E-state index in [0.29, 0.717) is 12.4 Å². The highest BCUT2D eigenvalue weighted by Crippen LogP contribution is 2.21. The fourth-order valence-electron chi connectivity index (χ4n) is 1.90. The number of hydrogen-bond acceptors (Lipinski definition) is 4. The van der Waals surface area contributed by atoms with Gasteiger partial charge in [0.15, 0.2) is 5.82 Å². The third kappa shape index (κ3) is 1.58. The van der Waals surface area contributed by atoms with E-state index in [2.05, 4.69) is 15.3 Å². The molecule has 16 heavy (non-hydrogen) atoms. The van der Waals surface area contributed by atoms with Gasteiger partial charge in [0.2, 0.25) is 0 Å². The van der Waals surface area contributed by atoms with Crippen LogP contribution in [0.1, 0.15) is 11.3 Å². The lowest BCUT2D eigenvalue weighted by Gasteiger charge is -2.15. The maximum absolute atomic E-state index is 11.9. The molecule has 2 aromatic rings. The fourth-order valence-corrected chi connectivity index (χ4v) is 2.57. The van der Waals surface area contributed by atoms with Crippen molar-refractivity contribution in [2.24, 2.45) is 0 Å². The third-order valence-electron chi connectivity index (χ3n) is 2.70. The molecule has 0 aliphatic carbocycles. The monoisotopic (exact) mass is 233 g/mol. The molecular weight excluding hydrogens is 222 g/mol. The van der Waals surface area contributed by atoms with Gasteiger partial charge in [-0.2, -0.15) is 0 Å². The number of hydrogen-bond donors (Lipinski definition) is 2. The second-order valence-electron chi connectivity index (χ2n) is 3.74.